The van der Waals surface area contributed by atoms with Crippen molar-refractivity contribution in [2.45, 2.75) is 100 Å². The average molecular weight is 734 g/mol. The van der Waals surface area contributed by atoms with Gasteiger partial charge in [-0.25, -0.2) is 4.79 Å². The molecule has 48 heavy (non-hydrogen) atoms. The fraction of sp³-hybridized carbons (Fsp3) is 0.633. The van der Waals surface area contributed by atoms with Crippen LogP contribution in [0.1, 0.15) is 83.8 Å². The van der Waals surface area contributed by atoms with Crippen LogP contribution in [0.2, 0.25) is 0 Å². The molecule has 10 nitrogen and oxygen atoms in total. The topological polar surface area (TPSA) is 134 Å². The van der Waals surface area contributed by atoms with Crippen molar-refractivity contribution in [1.29, 1.82) is 0 Å². The molecule has 2 unspecified atom stereocenters. The maximum Gasteiger partial charge on any atom is 0.523 e. The van der Waals surface area contributed by atoms with Crippen molar-refractivity contribution < 1.29 is 65.8 Å². The third kappa shape index (κ3) is 8.73. The standard InChI is InChI=1S/C30H37F6NO9S2/c1-25(2,3)45-24(38)37-23-7-6-20(14-22(23)19-8-10-26(4,5)11-9-19)21-15-27(17-43-47(39,40)29(31,32)33)12-13-28(16-21,46-27)18-44-48(41,42)30(34,35)36/h6-8,12-14,21H,9-11,15-18H2,1-5H3,(H,37,38). The molecule has 2 atom stereocenters. The number of fused-ring (bicyclic) bond motifs is 2. The molecule has 2 heterocycles. The number of hydrogen-bond acceptors (Lipinski definition) is 9. The van der Waals surface area contributed by atoms with E-state index in [4.69, 9.17) is 9.47 Å². The fourth-order valence-electron chi connectivity index (χ4n) is 5.82. The molecule has 1 aromatic carbocycles. The van der Waals surface area contributed by atoms with Crippen LogP contribution in [0.15, 0.2) is 36.4 Å². The van der Waals surface area contributed by atoms with Crippen molar-refractivity contribution in [1.82, 2.24) is 0 Å². The summed E-state index contributed by atoms with van der Waals surface area (Å²) in [6.07, 6.45) is 5.32. The number of amides is 1. The van der Waals surface area contributed by atoms with Crippen LogP contribution in [0.4, 0.5) is 36.8 Å². The van der Waals surface area contributed by atoms with Crippen molar-refractivity contribution in [2.75, 3.05) is 18.5 Å². The molecule has 0 aromatic heterocycles. The van der Waals surface area contributed by atoms with E-state index >= 15 is 0 Å². The summed E-state index contributed by atoms with van der Waals surface area (Å²) < 4.78 is 145. The lowest BCUT2D eigenvalue weighted by Gasteiger charge is -2.44. The highest BCUT2D eigenvalue weighted by molar-refractivity contribution is 7.87. The zero-order valence-corrected chi connectivity index (χ0v) is 28.4. The Labute approximate surface area is 275 Å². The number of alkyl halides is 6. The van der Waals surface area contributed by atoms with E-state index in [1.54, 1.807) is 39.0 Å². The van der Waals surface area contributed by atoms with Crippen LogP contribution in [0.3, 0.4) is 0 Å². The third-order valence-corrected chi connectivity index (χ3v) is 10.2. The first kappa shape index (κ1) is 38.1. The van der Waals surface area contributed by atoms with Crippen molar-refractivity contribution in [3.63, 3.8) is 0 Å². The number of ether oxygens (including phenoxy) is 2. The zero-order chi connectivity index (χ0) is 36.2. The molecule has 270 valence electrons. The normalized spacial score (nSPS) is 26.2. The smallest absolute Gasteiger partial charge is 0.444 e. The Balaban J connectivity index is 1.73. The van der Waals surface area contributed by atoms with Gasteiger partial charge in [-0.2, -0.15) is 43.2 Å². The first-order valence-corrected chi connectivity index (χ1v) is 17.6. The van der Waals surface area contributed by atoms with Crippen LogP contribution in [0.25, 0.3) is 5.57 Å². The zero-order valence-electron chi connectivity index (χ0n) is 26.7. The lowest BCUT2D eigenvalue weighted by atomic mass is 9.75. The van der Waals surface area contributed by atoms with Gasteiger partial charge < -0.3 is 9.47 Å². The molecule has 0 radical (unpaired) electrons. The first-order valence-electron chi connectivity index (χ1n) is 14.8. The molecule has 2 bridgehead atoms. The molecular formula is C30H37F6NO9S2. The number of carbonyl (C=O) groups is 1. The maximum absolute atomic E-state index is 13.1. The number of nitrogens with one attached hydrogen (secondary N) is 1. The largest absolute Gasteiger partial charge is 0.523 e. The van der Waals surface area contributed by atoms with E-state index in [1.165, 1.54) is 0 Å². The average Bonchev–Trinajstić information content (AvgIpc) is 3.19. The Hall–Kier alpha value is -2.67. The van der Waals surface area contributed by atoms with E-state index in [2.05, 4.69) is 27.5 Å². The lowest BCUT2D eigenvalue weighted by Crippen LogP contribution is -2.50. The Kier molecular flexibility index (Phi) is 10.00. The number of benzene rings is 1. The van der Waals surface area contributed by atoms with Gasteiger partial charge >= 0.3 is 37.3 Å². The first-order chi connectivity index (χ1) is 21.7. The van der Waals surface area contributed by atoms with Crippen LogP contribution in [-0.4, -0.2) is 64.0 Å². The van der Waals surface area contributed by atoms with E-state index in [1.807, 2.05) is 6.08 Å². The quantitative estimate of drug-likeness (QED) is 0.120. The van der Waals surface area contributed by atoms with Crippen molar-refractivity contribution >= 4 is 37.6 Å². The van der Waals surface area contributed by atoms with Crippen molar-refractivity contribution in [3.05, 3.63) is 47.6 Å². The van der Waals surface area contributed by atoms with E-state index in [0.29, 0.717) is 29.7 Å². The van der Waals surface area contributed by atoms with Crippen LogP contribution < -0.4 is 5.32 Å². The highest BCUT2D eigenvalue weighted by atomic mass is 32.2. The van der Waals surface area contributed by atoms with Gasteiger partial charge in [0.15, 0.2) is 0 Å². The van der Waals surface area contributed by atoms with Gasteiger partial charge in [0.05, 0.1) is 18.9 Å². The van der Waals surface area contributed by atoms with Gasteiger partial charge in [0.25, 0.3) is 0 Å². The molecule has 0 saturated carbocycles. The minimum Gasteiger partial charge on any atom is -0.444 e. The molecule has 1 amide bonds. The minimum atomic E-state index is -6.09. The summed E-state index contributed by atoms with van der Waals surface area (Å²) in [6.45, 7) is 6.85. The number of carbonyl (C=O) groups excluding carboxylic acids is 1. The predicted molar refractivity (Wildman–Crippen MR) is 161 cm³/mol. The Morgan fingerprint density at radius 3 is 1.88 bits per heavy atom. The van der Waals surface area contributed by atoms with Gasteiger partial charge in [-0.3, -0.25) is 13.7 Å². The minimum absolute atomic E-state index is 0.0116. The summed E-state index contributed by atoms with van der Waals surface area (Å²) in [5.74, 6) is -0.752. The molecule has 1 N–H and O–H groups in total. The lowest BCUT2D eigenvalue weighted by molar-refractivity contribution is -0.159. The van der Waals surface area contributed by atoms with Crippen LogP contribution >= 0.6 is 0 Å². The van der Waals surface area contributed by atoms with E-state index < -0.39 is 73.3 Å². The van der Waals surface area contributed by atoms with Gasteiger partial charge in [-0.1, -0.05) is 38.1 Å². The number of anilines is 1. The molecule has 4 rings (SSSR count). The summed E-state index contributed by atoms with van der Waals surface area (Å²) >= 11 is 0. The van der Waals surface area contributed by atoms with E-state index in [-0.39, 0.29) is 18.3 Å². The van der Waals surface area contributed by atoms with Crippen molar-refractivity contribution in [2.24, 2.45) is 5.41 Å². The van der Waals surface area contributed by atoms with Gasteiger partial charge in [0.1, 0.15) is 16.8 Å². The molecule has 0 spiro atoms. The Morgan fingerprint density at radius 1 is 0.917 bits per heavy atom. The SMILES string of the molecule is CC1(C)CC=C(c2cc(C3CC4(COS(=O)(=O)C(F)(F)F)C=CC(COS(=O)(=O)C(F)(F)F)(C3)O4)ccc2NC(=O)OC(C)(C)C)CC1. The van der Waals surface area contributed by atoms with Gasteiger partial charge in [-0.15, -0.1) is 0 Å². The number of hydrogen-bond donors (Lipinski definition) is 1. The molecule has 1 aliphatic carbocycles. The third-order valence-electron chi connectivity index (χ3n) is 8.23. The summed E-state index contributed by atoms with van der Waals surface area (Å²) in [5.41, 5.74) is -13.8. The van der Waals surface area contributed by atoms with Crippen LogP contribution in [0, 0.1) is 5.41 Å². The second-order valence-corrected chi connectivity index (χ2v) is 17.2. The Morgan fingerprint density at radius 2 is 1.44 bits per heavy atom. The molecule has 1 fully saturated rings. The highest BCUT2D eigenvalue weighted by Crippen LogP contribution is 2.51. The maximum atomic E-state index is 13.1. The summed E-state index contributed by atoms with van der Waals surface area (Å²) in [5, 5.41) is 2.74. The number of halogens is 6. The summed E-state index contributed by atoms with van der Waals surface area (Å²) in [4.78, 5) is 12.7. The van der Waals surface area contributed by atoms with Gasteiger partial charge in [0.2, 0.25) is 0 Å². The second kappa shape index (κ2) is 12.6. The molecule has 3 aliphatic rings. The monoisotopic (exact) mass is 733 g/mol. The highest BCUT2D eigenvalue weighted by Gasteiger charge is 2.57. The predicted octanol–water partition coefficient (Wildman–Crippen LogP) is 7.30. The number of rotatable bonds is 9. The van der Waals surface area contributed by atoms with Gasteiger partial charge in [0, 0.05) is 5.56 Å². The number of allylic oxidation sites excluding steroid dienone is 2. The molecule has 1 aromatic rings. The Bertz CT molecular complexity index is 1630. The fourth-order valence-corrected chi connectivity index (χ4v) is 6.80. The summed E-state index contributed by atoms with van der Waals surface area (Å²) in [6, 6.07) is 4.88. The van der Waals surface area contributed by atoms with Crippen LogP contribution in [0.5, 0.6) is 0 Å². The summed E-state index contributed by atoms with van der Waals surface area (Å²) in [7, 11) is -12.2. The van der Waals surface area contributed by atoms with Gasteiger partial charge in [-0.05, 0) is 87.5 Å². The molecular weight excluding hydrogens is 696 g/mol. The van der Waals surface area contributed by atoms with E-state index in [9.17, 15) is 48.0 Å². The van der Waals surface area contributed by atoms with Crippen LogP contribution in [-0.2, 0) is 38.1 Å². The molecule has 2 aliphatic heterocycles. The molecule has 18 heteroatoms. The van der Waals surface area contributed by atoms with Crippen molar-refractivity contribution in [3.8, 4) is 0 Å². The molecule has 1 saturated heterocycles. The second-order valence-electron chi connectivity index (χ2n) is 14.0. The van der Waals surface area contributed by atoms with E-state index in [0.717, 1.165) is 24.1 Å².